The van der Waals surface area contributed by atoms with Gasteiger partial charge < -0.3 is 10.4 Å². The molecule has 0 aliphatic rings. The highest BCUT2D eigenvalue weighted by Crippen LogP contribution is 2.23. The van der Waals surface area contributed by atoms with Gasteiger partial charge in [0.25, 0.3) is 5.91 Å². The summed E-state index contributed by atoms with van der Waals surface area (Å²) in [5, 5.41) is 13.5. The number of hydrogen-bond acceptors (Lipinski definition) is 3. The Morgan fingerprint density at radius 2 is 2.22 bits per heavy atom. The number of carboxylic acid groups (broad SMARTS) is 1. The predicted octanol–water partition coefficient (Wildman–Crippen LogP) is 3.03. The van der Waals surface area contributed by atoms with Crippen LogP contribution in [0.15, 0.2) is 5.38 Å². The van der Waals surface area contributed by atoms with Crippen LogP contribution in [0.2, 0.25) is 0 Å². The molecule has 18 heavy (non-hydrogen) atoms. The van der Waals surface area contributed by atoms with Gasteiger partial charge in [-0.25, -0.2) is 4.79 Å². The monoisotopic (exact) mass is 381 g/mol. The minimum absolute atomic E-state index is 0.291. The van der Waals surface area contributed by atoms with E-state index >= 15 is 0 Å². The molecule has 0 saturated carbocycles. The lowest BCUT2D eigenvalue weighted by atomic mass is 10.1. The van der Waals surface area contributed by atoms with Gasteiger partial charge in [0.2, 0.25) is 0 Å². The molecule has 1 atom stereocenters. The van der Waals surface area contributed by atoms with Gasteiger partial charge in [-0.2, -0.15) is 0 Å². The molecule has 0 saturated heterocycles. The molecule has 2 N–H and O–H groups in total. The van der Waals surface area contributed by atoms with E-state index in [0.29, 0.717) is 11.3 Å². The molecule has 100 valence electrons. The predicted molar refractivity (Wildman–Crippen MR) is 80.2 cm³/mol. The number of carboxylic acids is 1. The van der Waals surface area contributed by atoms with Gasteiger partial charge in [0, 0.05) is 3.57 Å². The molecular formula is C12H16INO3S. The van der Waals surface area contributed by atoms with Crippen LogP contribution in [0.1, 0.15) is 41.4 Å². The first-order valence-electron chi connectivity index (χ1n) is 5.74. The second kappa shape index (κ2) is 7.08. The minimum Gasteiger partial charge on any atom is -0.480 e. The molecule has 1 amide bonds. The van der Waals surface area contributed by atoms with Crippen LogP contribution in [0.5, 0.6) is 0 Å². The van der Waals surface area contributed by atoms with Crippen LogP contribution in [0, 0.1) is 10.5 Å². The Labute approximate surface area is 124 Å². The number of amides is 1. The highest BCUT2D eigenvalue weighted by atomic mass is 127. The smallest absolute Gasteiger partial charge is 0.326 e. The van der Waals surface area contributed by atoms with Crippen molar-refractivity contribution in [2.75, 3.05) is 0 Å². The number of carbonyl (C=O) groups excluding carboxylic acids is 1. The second-order valence-corrected chi connectivity index (χ2v) is 6.03. The molecule has 0 spiro atoms. The third kappa shape index (κ3) is 3.94. The Morgan fingerprint density at radius 1 is 1.56 bits per heavy atom. The standard InChI is InChI=1S/C12H16INO3S/c1-3-4-5-8(12(16)17)14-11(15)10-9(13)7(2)6-18-10/h6,8H,3-5H2,1-2H3,(H,14,15)(H,16,17)/t8-/m0/s1. The zero-order chi connectivity index (χ0) is 13.7. The second-order valence-electron chi connectivity index (χ2n) is 4.07. The van der Waals surface area contributed by atoms with Crippen molar-refractivity contribution in [2.45, 2.75) is 39.2 Å². The topological polar surface area (TPSA) is 66.4 Å². The van der Waals surface area contributed by atoms with Crippen LogP contribution in [-0.2, 0) is 4.79 Å². The van der Waals surface area contributed by atoms with Crippen molar-refractivity contribution < 1.29 is 14.7 Å². The number of aliphatic carboxylic acids is 1. The highest BCUT2D eigenvalue weighted by Gasteiger charge is 2.22. The fourth-order valence-corrected chi connectivity index (χ4v) is 3.31. The van der Waals surface area contributed by atoms with Crippen molar-refractivity contribution in [3.05, 3.63) is 19.4 Å². The Balaban J connectivity index is 2.72. The molecule has 0 radical (unpaired) electrons. The fourth-order valence-electron chi connectivity index (χ4n) is 1.47. The van der Waals surface area contributed by atoms with E-state index < -0.39 is 12.0 Å². The molecule has 1 rings (SSSR count). The molecule has 6 heteroatoms. The van der Waals surface area contributed by atoms with Crippen LogP contribution < -0.4 is 5.32 Å². The maximum absolute atomic E-state index is 12.0. The number of halogens is 1. The molecule has 0 aliphatic carbocycles. The van der Waals surface area contributed by atoms with E-state index in [1.807, 2.05) is 19.2 Å². The van der Waals surface area contributed by atoms with E-state index in [4.69, 9.17) is 5.11 Å². The maximum atomic E-state index is 12.0. The van der Waals surface area contributed by atoms with Gasteiger partial charge in [-0.05, 0) is 46.9 Å². The van der Waals surface area contributed by atoms with E-state index in [1.165, 1.54) is 11.3 Å². The van der Waals surface area contributed by atoms with Crippen LogP contribution in [0.3, 0.4) is 0 Å². The third-order valence-electron chi connectivity index (χ3n) is 2.56. The van der Waals surface area contributed by atoms with Gasteiger partial charge in [-0.15, -0.1) is 11.3 Å². The quantitative estimate of drug-likeness (QED) is 0.745. The first-order chi connectivity index (χ1) is 8.47. The summed E-state index contributed by atoms with van der Waals surface area (Å²) in [6.45, 7) is 3.92. The minimum atomic E-state index is -0.972. The summed E-state index contributed by atoms with van der Waals surface area (Å²) in [6.07, 6.45) is 2.17. The van der Waals surface area contributed by atoms with Crippen molar-refractivity contribution >= 4 is 45.8 Å². The van der Waals surface area contributed by atoms with Crippen molar-refractivity contribution in [2.24, 2.45) is 0 Å². The molecule has 1 aromatic heterocycles. The van der Waals surface area contributed by atoms with E-state index in [2.05, 4.69) is 27.9 Å². The number of rotatable bonds is 6. The van der Waals surface area contributed by atoms with Gasteiger partial charge in [0.1, 0.15) is 10.9 Å². The summed E-state index contributed by atoms with van der Waals surface area (Å²) in [4.78, 5) is 23.6. The molecule has 0 unspecified atom stereocenters. The molecular weight excluding hydrogens is 365 g/mol. The Morgan fingerprint density at radius 3 is 2.67 bits per heavy atom. The van der Waals surface area contributed by atoms with Gasteiger partial charge in [0.15, 0.2) is 0 Å². The average Bonchev–Trinajstić information content (AvgIpc) is 2.65. The maximum Gasteiger partial charge on any atom is 0.326 e. The normalized spacial score (nSPS) is 12.2. The lowest BCUT2D eigenvalue weighted by Gasteiger charge is -2.13. The number of unbranched alkanes of at least 4 members (excludes halogenated alkanes) is 1. The highest BCUT2D eigenvalue weighted by molar-refractivity contribution is 14.1. The number of aryl methyl sites for hydroxylation is 1. The first kappa shape index (κ1) is 15.4. The molecule has 0 aromatic carbocycles. The number of thiophene rings is 1. The summed E-state index contributed by atoms with van der Waals surface area (Å²) >= 11 is 3.46. The zero-order valence-electron chi connectivity index (χ0n) is 10.3. The summed E-state index contributed by atoms with van der Waals surface area (Å²) in [5.74, 6) is -1.26. The van der Waals surface area contributed by atoms with E-state index in [0.717, 1.165) is 22.0 Å². The van der Waals surface area contributed by atoms with Crippen molar-refractivity contribution in [3.63, 3.8) is 0 Å². The average molecular weight is 381 g/mol. The lowest BCUT2D eigenvalue weighted by molar-refractivity contribution is -0.139. The SMILES string of the molecule is CCCC[C@H](NC(=O)c1scc(C)c1I)C(=O)O. The van der Waals surface area contributed by atoms with Crippen LogP contribution >= 0.6 is 33.9 Å². The van der Waals surface area contributed by atoms with Crippen LogP contribution in [-0.4, -0.2) is 23.0 Å². The summed E-state index contributed by atoms with van der Waals surface area (Å²) in [5.41, 5.74) is 1.05. The molecule has 4 nitrogen and oxygen atoms in total. The third-order valence-corrected chi connectivity index (χ3v) is 5.41. The van der Waals surface area contributed by atoms with Crippen molar-refractivity contribution in [1.82, 2.24) is 5.32 Å². The first-order valence-corrected chi connectivity index (χ1v) is 7.70. The van der Waals surface area contributed by atoms with Gasteiger partial charge in [0.05, 0.1) is 0 Å². The largest absolute Gasteiger partial charge is 0.480 e. The molecule has 0 bridgehead atoms. The Kier molecular flexibility index (Phi) is 6.07. The van der Waals surface area contributed by atoms with Gasteiger partial charge in [-0.1, -0.05) is 19.8 Å². The van der Waals surface area contributed by atoms with Crippen LogP contribution in [0.25, 0.3) is 0 Å². The zero-order valence-corrected chi connectivity index (χ0v) is 13.3. The van der Waals surface area contributed by atoms with E-state index in [1.54, 1.807) is 0 Å². The summed E-state index contributed by atoms with van der Waals surface area (Å²) < 4.78 is 0.898. The van der Waals surface area contributed by atoms with Gasteiger partial charge in [-0.3, -0.25) is 4.79 Å². The molecule has 1 heterocycles. The molecule has 0 aliphatic heterocycles. The van der Waals surface area contributed by atoms with Crippen LogP contribution in [0.4, 0.5) is 0 Å². The van der Waals surface area contributed by atoms with E-state index in [-0.39, 0.29) is 5.91 Å². The lowest BCUT2D eigenvalue weighted by Crippen LogP contribution is -2.40. The van der Waals surface area contributed by atoms with Gasteiger partial charge >= 0.3 is 5.97 Å². The number of nitrogens with one attached hydrogen (secondary N) is 1. The molecule has 1 aromatic rings. The fraction of sp³-hybridized carbons (Fsp3) is 0.500. The Hall–Kier alpha value is -0.630. The number of hydrogen-bond donors (Lipinski definition) is 2. The van der Waals surface area contributed by atoms with Crippen molar-refractivity contribution in [3.8, 4) is 0 Å². The Bertz CT molecular complexity index is 445. The number of carbonyl (C=O) groups is 2. The summed E-state index contributed by atoms with van der Waals surface area (Å²) in [7, 11) is 0. The molecule has 0 fully saturated rings. The summed E-state index contributed by atoms with van der Waals surface area (Å²) in [6, 6.07) is -0.796. The van der Waals surface area contributed by atoms with E-state index in [9.17, 15) is 9.59 Å². The van der Waals surface area contributed by atoms with Crippen molar-refractivity contribution in [1.29, 1.82) is 0 Å².